The first-order chi connectivity index (χ1) is 13.2. The summed E-state index contributed by atoms with van der Waals surface area (Å²) >= 11 is 0. The Morgan fingerprint density at radius 2 is 1.89 bits per heavy atom. The Morgan fingerprint density at radius 1 is 1.11 bits per heavy atom. The summed E-state index contributed by atoms with van der Waals surface area (Å²) in [6, 6.07) is 7.49. The zero-order chi connectivity index (χ0) is 18.6. The molecule has 2 aliphatic heterocycles. The van der Waals surface area contributed by atoms with E-state index >= 15 is 0 Å². The Morgan fingerprint density at radius 3 is 2.59 bits per heavy atom. The maximum atomic E-state index is 12.6. The predicted molar refractivity (Wildman–Crippen MR) is 102 cm³/mol. The molecule has 2 aliphatic rings. The Bertz CT molecular complexity index is 784. The molecule has 4 heterocycles. The van der Waals surface area contributed by atoms with Gasteiger partial charge in [0.25, 0.3) is 5.91 Å². The SMILES string of the molecule is Cc1cc(N2CCOCC2)nc(C2CCN(C(=O)c3ccccn3)CC2)n1. The minimum Gasteiger partial charge on any atom is -0.378 e. The average Bonchev–Trinajstić information content (AvgIpc) is 2.74. The lowest BCUT2D eigenvalue weighted by atomic mass is 9.95. The van der Waals surface area contributed by atoms with Gasteiger partial charge in [-0.15, -0.1) is 0 Å². The van der Waals surface area contributed by atoms with Crippen molar-refractivity contribution in [1.82, 2.24) is 19.9 Å². The second kappa shape index (κ2) is 8.00. The summed E-state index contributed by atoms with van der Waals surface area (Å²) in [4.78, 5) is 30.4. The van der Waals surface area contributed by atoms with Gasteiger partial charge in [-0.05, 0) is 31.9 Å². The van der Waals surface area contributed by atoms with Gasteiger partial charge in [0.05, 0.1) is 13.2 Å². The van der Waals surface area contributed by atoms with Gasteiger partial charge in [0.2, 0.25) is 0 Å². The Balaban J connectivity index is 1.43. The number of amides is 1. The molecule has 0 saturated carbocycles. The molecule has 27 heavy (non-hydrogen) atoms. The Labute approximate surface area is 159 Å². The highest BCUT2D eigenvalue weighted by atomic mass is 16.5. The van der Waals surface area contributed by atoms with Crippen LogP contribution in [0.2, 0.25) is 0 Å². The van der Waals surface area contributed by atoms with Crippen molar-refractivity contribution < 1.29 is 9.53 Å². The number of aryl methyl sites for hydroxylation is 1. The summed E-state index contributed by atoms with van der Waals surface area (Å²) in [7, 11) is 0. The quantitative estimate of drug-likeness (QED) is 0.827. The van der Waals surface area contributed by atoms with Crippen LogP contribution in [0.4, 0.5) is 5.82 Å². The largest absolute Gasteiger partial charge is 0.378 e. The van der Waals surface area contributed by atoms with Crippen LogP contribution < -0.4 is 4.90 Å². The van der Waals surface area contributed by atoms with Crippen LogP contribution >= 0.6 is 0 Å². The van der Waals surface area contributed by atoms with Crippen molar-refractivity contribution in [3.8, 4) is 0 Å². The molecule has 0 aliphatic carbocycles. The number of aromatic nitrogens is 3. The van der Waals surface area contributed by atoms with E-state index in [1.807, 2.05) is 24.0 Å². The van der Waals surface area contributed by atoms with Crippen molar-refractivity contribution in [1.29, 1.82) is 0 Å². The number of piperidine rings is 1. The first-order valence-corrected chi connectivity index (χ1v) is 9.59. The van der Waals surface area contributed by atoms with E-state index in [-0.39, 0.29) is 11.8 Å². The van der Waals surface area contributed by atoms with Gasteiger partial charge in [0.15, 0.2) is 0 Å². The number of pyridine rings is 1. The van der Waals surface area contributed by atoms with Gasteiger partial charge in [0, 0.05) is 50.1 Å². The highest BCUT2D eigenvalue weighted by molar-refractivity contribution is 5.92. The van der Waals surface area contributed by atoms with Crippen molar-refractivity contribution in [2.24, 2.45) is 0 Å². The lowest BCUT2D eigenvalue weighted by molar-refractivity contribution is 0.0705. The van der Waals surface area contributed by atoms with E-state index < -0.39 is 0 Å². The van der Waals surface area contributed by atoms with E-state index in [9.17, 15) is 4.79 Å². The van der Waals surface area contributed by atoms with E-state index in [0.717, 1.165) is 56.5 Å². The van der Waals surface area contributed by atoms with E-state index in [1.54, 1.807) is 12.3 Å². The van der Waals surface area contributed by atoms with Crippen LogP contribution in [0, 0.1) is 6.92 Å². The predicted octanol–water partition coefficient (Wildman–Crippen LogP) is 2.04. The zero-order valence-corrected chi connectivity index (χ0v) is 15.7. The lowest BCUT2D eigenvalue weighted by Crippen LogP contribution is -2.39. The first kappa shape index (κ1) is 17.9. The first-order valence-electron chi connectivity index (χ1n) is 9.59. The fraction of sp³-hybridized carbons (Fsp3) is 0.500. The third-order valence-corrected chi connectivity index (χ3v) is 5.22. The molecule has 0 N–H and O–H groups in total. The number of carbonyl (C=O) groups is 1. The van der Waals surface area contributed by atoms with Crippen molar-refractivity contribution in [3.05, 3.63) is 47.7 Å². The monoisotopic (exact) mass is 367 g/mol. The molecule has 0 spiro atoms. The number of carbonyl (C=O) groups excluding carboxylic acids is 1. The average molecular weight is 367 g/mol. The van der Waals surface area contributed by atoms with Crippen LogP contribution in [0.3, 0.4) is 0 Å². The molecular formula is C20H25N5O2. The topological polar surface area (TPSA) is 71.5 Å². The second-order valence-electron chi connectivity index (χ2n) is 7.11. The molecule has 7 nitrogen and oxygen atoms in total. The van der Waals surface area contributed by atoms with Gasteiger partial charge in [-0.2, -0.15) is 0 Å². The van der Waals surface area contributed by atoms with Crippen LogP contribution in [0.1, 0.15) is 40.8 Å². The molecule has 0 aromatic carbocycles. The maximum Gasteiger partial charge on any atom is 0.272 e. The maximum absolute atomic E-state index is 12.6. The van der Waals surface area contributed by atoms with Crippen molar-refractivity contribution in [2.45, 2.75) is 25.7 Å². The number of ether oxygens (including phenoxy) is 1. The number of rotatable bonds is 3. The van der Waals surface area contributed by atoms with E-state index in [4.69, 9.17) is 14.7 Å². The number of anilines is 1. The highest BCUT2D eigenvalue weighted by Gasteiger charge is 2.27. The summed E-state index contributed by atoms with van der Waals surface area (Å²) in [5.74, 6) is 2.19. The molecular weight excluding hydrogens is 342 g/mol. The molecule has 142 valence electrons. The van der Waals surface area contributed by atoms with Gasteiger partial charge in [0.1, 0.15) is 17.3 Å². The normalized spacial score (nSPS) is 18.6. The Hall–Kier alpha value is -2.54. The van der Waals surface area contributed by atoms with Crippen LogP contribution in [0.25, 0.3) is 0 Å². The van der Waals surface area contributed by atoms with Gasteiger partial charge >= 0.3 is 0 Å². The Kier molecular flexibility index (Phi) is 5.29. The number of likely N-dealkylation sites (tertiary alicyclic amines) is 1. The van der Waals surface area contributed by atoms with Crippen LogP contribution in [-0.2, 0) is 4.74 Å². The van der Waals surface area contributed by atoms with E-state index in [2.05, 4.69) is 16.0 Å². The fourth-order valence-electron chi connectivity index (χ4n) is 3.70. The summed E-state index contributed by atoms with van der Waals surface area (Å²) in [6.45, 7) is 6.67. The summed E-state index contributed by atoms with van der Waals surface area (Å²) in [6.07, 6.45) is 3.42. The van der Waals surface area contributed by atoms with Crippen molar-refractivity contribution in [3.63, 3.8) is 0 Å². The van der Waals surface area contributed by atoms with Crippen molar-refractivity contribution >= 4 is 11.7 Å². The zero-order valence-electron chi connectivity index (χ0n) is 15.7. The molecule has 0 bridgehead atoms. The molecule has 2 aromatic rings. The van der Waals surface area contributed by atoms with Gasteiger partial charge in [-0.3, -0.25) is 9.78 Å². The molecule has 0 unspecified atom stereocenters. The summed E-state index contributed by atoms with van der Waals surface area (Å²) in [5.41, 5.74) is 1.51. The van der Waals surface area contributed by atoms with Gasteiger partial charge < -0.3 is 14.5 Å². The van der Waals surface area contributed by atoms with Crippen molar-refractivity contribution in [2.75, 3.05) is 44.3 Å². The molecule has 0 radical (unpaired) electrons. The molecule has 2 aromatic heterocycles. The molecule has 0 atom stereocenters. The summed E-state index contributed by atoms with van der Waals surface area (Å²) in [5, 5.41) is 0. The number of morpholine rings is 1. The third-order valence-electron chi connectivity index (χ3n) is 5.22. The van der Waals surface area contributed by atoms with Gasteiger partial charge in [-0.25, -0.2) is 9.97 Å². The summed E-state index contributed by atoms with van der Waals surface area (Å²) < 4.78 is 5.44. The molecule has 4 rings (SSSR count). The molecule has 2 fully saturated rings. The molecule has 7 heteroatoms. The van der Waals surface area contributed by atoms with Crippen LogP contribution in [-0.4, -0.2) is 65.2 Å². The molecule has 2 saturated heterocycles. The minimum atomic E-state index is 0.00761. The number of hydrogen-bond acceptors (Lipinski definition) is 6. The third kappa shape index (κ3) is 4.08. The van der Waals surface area contributed by atoms with E-state index in [1.165, 1.54) is 0 Å². The van der Waals surface area contributed by atoms with Gasteiger partial charge in [-0.1, -0.05) is 6.07 Å². The standard InChI is InChI=1S/C20H25N5O2/c1-15-14-18(24-10-12-27-13-11-24)23-19(22-15)16-5-8-25(9-6-16)20(26)17-4-2-3-7-21-17/h2-4,7,14,16H,5-6,8-13H2,1H3. The highest BCUT2D eigenvalue weighted by Crippen LogP contribution is 2.28. The fourth-order valence-corrected chi connectivity index (χ4v) is 3.70. The van der Waals surface area contributed by atoms with E-state index in [0.29, 0.717) is 18.8 Å². The van der Waals surface area contributed by atoms with Crippen LogP contribution in [0.15, 0.2) is 30.5 Å². The number of hydrogen-bond donors (Lipinski definition) is 0. The minimum absolute atomic E-state index is 0.00761. The smallest absolute Gasteiger partial charge is 0.272 e. The second-order valence-corrected chi connectivity index (χ2v) is 7.11. The molecule has 1 amide bonds. The number of nitrogens with zero attached hydrogens (tertiary/aromatic N) is 5. The lowest BCUT2D eigenvalue weighted by Gasteiger charge is -2.32. The van der Waals surface area contributed by atoms with Crippen LogP contribution in [0.5, 0.6) is 0 Å².